The lowest BCUT2D eigenvalue weighted by molar-refractivity contribution is -0.0224. The van der Waals surface area contributed by atoms with Gasteiger partial charge in [-0.25, -0.2) is 0 Å². The third kappa shape index (κ3) is 3.55. The molecule has 1 atom stereocenters. The van der Waals surface area contributed by atoms with Crippen molar-refractivity contribution in [1.29, 1.82) is 0 Å². The monoisotopic (exact) mass is 282 g/mol. The van der Waals surface area contributed by atoms with Gasteiger partial charge in [-0.1, -0.05) is 13.8 Å². The van der Waals surface area contributed by atoms with Gasteiger partial charge >= 0.3 is 0 Å². The van der Waals surface area contributed by atoms with E-state index < -0.39 is 0 Å². The molecule has 2 fully saturated rings. The molecule has 1 aliphatic carbocycles. The van der Waals surface area contributed by atoms with Gasteiger partial charge in [-0.05, 0) is 51.9 Å². The Morgan fingerprint density at radius 3 is 2.40 bits per heavy atom. The molecule has 118 valence electrons. The highest BCUT2D eigenvalue weighted by atomic mass is 16.5. The van der Waals surface area contributed by atoms with Crippen LogP contribution in [0.1, 0.15) is 59.8 Å². The molecule has 1 aliphatic heterocycles. The molecule has 1 unspecified atom stereocenters. The van der Waals surface area contributed by atoms with Crippen LogP contribution in [0, 0.1) is 5.92 Å². The minimum absolute atomic E-state index is 0.00677. The van der Waals surface area contributed by atoms with Crippen LogP contribution in [0.15, 0.2) is 0 Å². The summed E-state index contributed by atoms with van der Waals surface area (Å²) in [5.74, 6) is 0.944. The summed E-state index contributed by atoms with van der Waals surface area (Å²) in [6, 6.07) is 0.729. The first-order chi connectivity index (χ1) is 9.46. The van der Waals surface area contributed by atoms with Crippen molar-refractivity contribution in [2.75, 3.05) is 26.7 Å². The van der Waals surface area contributed by atoms with Crippen LogP contribution in [0.5, 0.6) is 0 Å². The minimum Gasteiger partial charge on any atom is -0.379 e. The maximum atomic E-state index is 5.61. The molecule has 0 bridgehead atoms. The Morgan fingerprint density at radius 2 is 1.90 bits per heavy atom. The van der Waals surface area contributed by atoms with Crippen LogP contribution in [0.4, 0.5) is 0 Å². The normalized spacial score (nSPS) is 27.8. The molecule has 1 saturated carbocycles. The first-order valence-electron chi connectivity index (χ1n) is 8.50. The Labute approximate surface area is 125 Å². The first-order valence-corrected chi connectivity index (χ1v) is 8.50. The summed E-state index contributed by atoms with van der Waals surface area (Å²) in [6.45, 7) is 12.6. The molecule has 2 rings (SSSR count). The van der Waals surface area contributed by atoms with Crippen LogP contribution in [-0.4, -0.2) is 48.8 Å². The zero-order valence-electron chi connectivity index (χ0n) is 14.2. The van der Waals surface area contributed by atoms with Crippen LogP contribution in [0.25, 0.3) is 0 Å². The van der Waals surface area contributed by atoms with E-state index in [0.29, 0.717) is 5.54 Å². The van der Waals surface area contributed by atoms with Crippen molar-refractivity contribution >= 4 is 0 Å². The van der Waals surface area contributed by atoms with E-state index >= 15 is 0 Å². The van der Waals surface area contributed by atoms with Crippen molar-refractivity contribution in [3.63, 3.8) is 0 Å². The summed E-state index contributed by atoms with van der Waals surface area (Å²) in [6.07, 6.45) is 6.45. The number of hydrogen-bond donors (Lipinski definition) is 1. The van der Waals surface area contributed by atoms with Gasteiger partial charge in [0.05, 0.1) is 5.60 Å². The topological polar surface area (TPSA) is 24.5 Å². The fraction of sp³-hybridized carbons (Fsp3) is 1.00. The second-order valence-corrected chi connectivity index (χ2v) is 7.42. The third-order valence-corrected chi connectivity index (χ3v) is 5.82. The number of nitrogens with one attached hydrogen (secondary N) is 1. The van der Waals surface area contributed by atoms with Gasteiger partial charge in [-0.2, -0.15) is 0 Å². The van der Waals surface area contributed by atoms with Crippen molar-refractivity contribution in [2.24, 2.45) is 5.92 Å². The molecule has 1 heterocycles. The Kier molecular flexibility index (Phi) is 5.14. The fourth-order valence-corrected chi connectivity index (χ4v) is 3.52. The second-order valence-electron chi connectivity index (χ2n) is 7.42. The molecule has 0 spiro atoms. The molecule has 1 saturated heterocycles. The molecule has 0 amide bonds. The Morgan fingerprint density at radius 1 is 1.25 bits per heavy atom. The Bertz CT molecular complexity index is 308. The van der Waals surface area contributed by atoms with Crippen molar-refractivity contribution in [3.05, 3.63) is 0 Å². The molecule has 0 radical (unpaired) electrons. The molecule has 1 N–H and O–H groups in total. The summed E-state index contributed by atoms with van der Waals surface area (Å²) in [5, 5.41) is 3.84. The number of rotatable bonds is 7. The molecule has 20 heavy (non-hydrogen) atoms. The summed E-state index contributed by atoms with van der Waals surface area (Å²) in [7, 11) is 1.83. The van der Waals surface area contributed by atoms with Gasteiger partial charge in [0.2, 0.25) is 0 Å². The highest BCUT2D eigenvalue weighted by Crippen LogP contribution is 2.37. The molecular weight excluding hydrogens is 248 g/mol. The van der Waals surface area contributed by atoms with Gasteiger partial charge in [0.15, 0.2) is 0 Å². The molecule has 0 aromatic carbocycles. The summed E-state index contributed by atoms with van der Waals surface area (Å²) >= 11 is 0. The van der Waals surface area contributed by atoms with E-state index in [4.69, 9.17) is 4.74 Å². The number of piperazine rings is 1. The van der Waals surface area contributed by atoms with Gasteiger partial charge in [0, 0.05) is 38.3 Å². The van der Waals surface area contributed by atoms with E-state index in [1.165, 1.54) is 32.2 Å². The highest BCUT2D eigenvalue weighted by molar-refractivity contribution is 5.01. The lowest BCUT2D eigenvalue weighted by atomic mass is 9.85. The van der Waals surface area contributed by atoms with Gasteiger partial charge in [-0.15, -0.1) is 0 Å². The van der Waals surface area contributed by atoms with E-state index in [2.05, 4.69) is 37.9 Å². The largest absolute Gasteiger partial charge is 0.379 e. The zero-order chi connectivity index (χ0) is 14.8. The van der Waals surface area contributed by atoms with Crippen molar-refractivity contribution in [3.8, 4) is 0 Å². The average Bonchev–Trinajstić information content (AvgIpc) is 3.29. The predicted octanol–water partition coefficient (Wildman–Crippen LogP) is 3.04. The van der Waals surface area contributed by atoms with Gasteiger partial charge in [-0.3, -0.25) is 4.90 Å². The molecule has 3 nitrogen and oxygen atoms in total. The van der Waals surface area contributed by atoms with E-state index in [9.17, 15) is 0 Å². The number of ether oxygens (including phenoxy) is 1. The molecule has 2 aliphatic rings. The lowest BCUT2D eigenvalue weighted by Gasteiger charge is -2.50. The predicted molar refractivity (Wildman–Crippen MR) is 85.1 cm³/mol. The van der Waals surface area contributed by atoms with Gasteiger partial charge < -0.3 is 10.1 Å². The third-order valence-electron chi connectivity index (χ3n) is 5.82. The van der Waals surface area contributed by atoms with Gasteiger partial charge in [0.25, 0.3) is 0 Å². The number of hydrogen-bond acceptors (Lipinski definition) is 3. The lowest BCUT2D eigenvalue weighted by Crippen LogP contribution is -2.65. The smallest absolute Gasteiger partial charge is 0.0634 e. The second kappa shape index (κ2) is 6.33. The van der Waals surface area contributed by atoms with Crippen molar-refractivity contribution < 1.29 is 4.74 Å². The Hall–Kier alpha value is -0.120. The average molecular weight is 282 g/mol. The number of methoxy groups -OCH3 is 1. The van der Waals surface area contributed by atoms with Crippen molar-refractivity contribution in [2.45, 2.75) is 77.0 Å². The molecule has 0 aromatic heterocycles. The zero-order valence-corrected chi connectivity index (χ0v) is 14.2. The van der Waals surface area contributed by atoms with E-state index in [0.717, 1.165) is 31.5 Å². The SMILES string of the molecule is CCC1(CC)CNC(C2CC2)CN1CCC(C)(C)OC. The van der Waals surface area contributed by atoms with Crippen LogP contribution < -0.4 is 5.32 Å². The maximum Gasteiger partial charge on any atom is 0.0634 e. The molecular formula is C17H34N2O. The van der Waals surface area contributed by atoms with E-state index in [1.807, 2.05) is 7.11 Å². The molecule has 3 heteroatoms. The van der Waals surface area contributed by atoms with E-state index in [1.54, 1.807) is 0 Å². The maximum absolute atomic E-state index is 5.61. The highest BCUT2D eigenvalue weighted by Gasteiger charge is 2.43. The summed E-state index contributed by atoms with van der Waals surface area (Å²) in [5.41, 5.74) is 0.350. The first kappa shape index (κ1) is 16.3. The van der Waals surface area contributed by atoms with Crippen LogP contribution in [-0.2, 0) is 4.74 Å². The van der Waals surface area contributed by atoms with Crippen LogP contribution in [0.2, 0.25) is 0 Å². The molecule has 0 aromatic rings. The van der Waals surface area contributed by atoms with Crippen LogP contribution >= 0.6 is 0 Å². The van der Waals surface area contributed by atoms with E-state index in [-0.39, 0.29) is 5.60 Å². The fourth-order valence-electron chi connectivity index (χ4n) is 3.52. The Balaban J connectivity index is 2.01. The van der Waals surface area contributed by atoms with Gasteiger partial charge in [0.1, 0.15) is 0 Å². The number of nitrogens with zero attached hydrogens (tertiary/aromatic N) is 1. The minimum atomic E-state index is -0.00677. The summed E-state index contributed by atoms with van der Waals surface area (Å²) in [4.78, 5) is 2.77. The quantitative estimate of drug-likeness (QED) is 0.777. The standard InChI is InChI=1S/C17H34N2O/c1-6-17(7-2)13-18-15(14-8-9-14)12-19(17)11-10-16(3,4)20-5/h14-15,18H,6-13H2,1-5H3. The van der Waals surface area contributed by atoms with Crippen molar-refractivity contribution in [1.82, 2.24) is 10.2 Å². The van der Waals surface area contributed by atoms with Crippen LogP contribution in [0.3, 0.4) is 0 Å². The summed E-state index contributed by atoms with van der Waals surface area (Å²) < 4.78 is 5.61.